The first-order chi connectivity index (χ1) is 15.4. The van der Waals surface area contributed by atoms with Crippen molar-refractivity contribution in [1.29, 1.82) is 0 Å². The van der Waals surface area contributed by atoms with Gasteiger partial charge in [-0.2, -0.15) is 13.7 Å². The van der Waals surface area contributed by atoms with Crippen LogP contribution < -0.4 is 5.56 Å². The highest BCUT2D eigenvalue weighted by Crippen LogP contribution is 2.66. The molecule has 1 saturated heterocycles. The Labute approximate surface area is 187 Å². The van der Waals surface area contributed by atoms with Crippen LogP contribution in [0.1, 0.15) is 11.4 Å². The van der Waals surface area contributed by atoms with Crippen LogP contribution in [0, 0.1) is 6.92 Å². The summed E-state index contributed by atoms with van der Waals surface area (Å²) in [6.07, 6.45) is -5.08. The number of aromatic amines is 1. The molecule has 8 N–H and O–H groups in total. The first-order valence-electron chi connectivity index (χ1n) is 8.71. The summed E-state index contributed by atoms with van der Waals surface area (Å²) in [6, 6.07) is 0. The molecular formula is C12H17N4O15P3. The maximum Gasteiger partial charge on any atom is 0.490 e. The molecule has 1 aliphatic heterocycles. The van der Waals surface area contributed by atoms with Gasteiger partial charge in [0.1, 0.15) is 29.7 Å². The molecule has 22 heteroatoms. The fourth-order valence-corrected chi connectivity index (χ4v) is 5.99. The molecule has 1 fully saturated rings. The molecule has 0 aliphatic carbocycles. The molecule has 0 spiro atoms. The largest absolute Gasteiger partial charge is 0.490 e. The number of nitrogens with zero attached hydrogens (tertiary/aromatic N) is 3. The van der Waals surface area contributed by atoms with Gasteiger partial charge in [0.15, 0.2) is 5.52 Å². The van der Waals surface area contributed by atoms with Gasteiger partial charge >= 0.3 is 23.5 Å². The highest BCUT2D eigenvalue weighted by atomic mass is 31.3. The van der Waals surface area contributed by atoms with E-state index in [1.54, 1.807) is 0 Å². The summed E-state index contributed by atoms with van der Waals surface area (Å²) in [6.45, 7) is 0.231. The van der Waals surface area contributed by atoms with E-state index in [1.807, 2.05) is 0 Å². The standard InChI is InChI=1S/C12H17N4O15P3/c1-4-14-7-5(2-13-16-8(7)11(19)15-4)12(20)10(18)9(17)6(29-12)3-28-33(24,25)31-34(26,27)30-32(21,22)23/h2,6,9-10,17-18,20H,3H2,1H3,(H,24,25)(H,26,27)(H,14,15,19)(H2,21,22,23)/t6-,9-,10-,12+/m1/s1. The summed E-state index contributed by atoms with van der Waals surface area (Å²) in [7, 11) is -17.0. The number of aliphatic hydroxyl groups is 3. The van der Waals surface area contributed by atoms with Gasteiger partial charge in [-0.1, -0.05) is 0 Å². The molecule has 3 heterocycles. The SMILES string of the molecule is Cc1nc2c([C@]3(O)O[C@H](COP(=O)(O)OP(=O)(O)OP(=O)(O)O)[C@@H](O)[C@H]3O)cnnc2c(=O)[nH]1. The fraction of sp³-hybridized carbons (Fsp3) is 0.500. The smallest absolute Gasteiger partial charge is 0.387 e. The molecule has 2 aromatic heterocycles. The van der Waals surface area contributed by atoms with E-state index in [1.165, 1.54) is 6.92 Å². The molecule has 2 aromatic rings. The maximum atomic E-state index is 12.1. The fourth-order valence-electron chi connectivity index (χ4n) is 2.96. The normalized spacial score (nSPS) is 29.1. The molecule has 190 valence electrons. The molecule has 19 nitrogen and oxygen atoms in total. The number of rotatable bonds is 8. The van der Waals surface area contributed by atoms with Crippen molar-refractivity contribution in [3.63, 3.8) is 0 Å². The van der Waals surface area contributed by atoms with Gasteiger partial charge < -0.3 is 44.6 Å². The molecule has 0 bridgehead atoms. The number of phosphoric ester groups is 1. The van der Waals surface area contributed by atoms with Gasteiger partial charge in [-0.3, -0.25) is 9.32 Å². The number of aliphatic hydroxyl groups excluding tert-OH is 2. The third-order valence-electron chi connectivity index (χ3n) is 4.25. The summed E-state index contributed by atoms with van der Waals surface area (Å²) in [5.41, 5.74) is -1.74. The molecule has 0 amide bonds. The zero-order valence-electron chi connectivity index (χ0n) is 16.6. The van der Waals surface area contributed by atoms with E-state index in [-0.39, 0.29) is 16.9 Å². The molecule has 1 aliphatic rings. The number of H-pyrrole nitrogens is 1. The number of ether oxygens (including phenoxy) is 1. The average molecular weight is 550 g/mol. The van der Waals surface area contributed by atoms with Crippen LogP contribution in [0.25, 0.3) is 11.0 Å². The van der Waals surface area contributed by atoms with E-state index in [2.05, 4.69) is 33.3 Å². The Morgan fingerprint density at radius 3 is 2.38 bits per heavy atom. The van der Waals surface area contributed by atoms with Crippen LogP contribution in [0.4, 0.5) is 0 Å². The van der Waals surface area contributed by atoms with Crippen molar-refractivity contribution >= 4 is 34.5 Å². The number of fused-ring (bicyclic) bond motifs is 1. The van der Waals surface area contributed by atoms with Gasteiger partial charge in [0, 0.05) is 0 Å². The summed E-state index contributed by atoms with van der Waals surface area (Å²) >= 11 is 0. The Kier molecular flexibility index (Phi) is 7.29. The molecule has 2 unspecified atom stereocenters. The highest BCUT2D eigenvalue weighted by molar-refractivity contribution is 7.66. The number of phosphoric acid groups is 3. The molecule has 6 atom stereocenters. The number of aromatic nitrogens is 4. The second kappa shape index (κ2) is 9.16. The minimum Gasteiger partial charge on any atom is -0.387 e. The van der Waals surface area contributed by atoms with Crippen molar-refractivity contribution in [3.8, 4) is 0 Å². The van der Waals surface area contributed by atoms with Crippen LogP contribution in [0.15, 0.2) is 11.0 Å². The Hall–Kier alpha value is -1.53. The lowest BCUT2D eigenvalue weighted by Crippen LogP contribution is -2.41. The highest BCUT2D eigenvalue weighted by Gasteiger charge is 2.56. The van der Waals surface area contributed by atoms with Crippen LogP contribution in [-0.2, 0) is 37.4 Å². The van der Waals surface area contributed by atoms with Crippen LogP contribution in [-0.4, -0.2) is 80.0 Å². The Morgan fingerprint density at radius 2 is 1.76 bits per heavy atom. The number of aryl methyl sites for hydroxylation is 1. The molecule has 0 saturated carbocycles. The third-order valence-corrected chi connectivity index (χ3v) is 8.06. The van der Waals surface area contributed by atoms with Crippen LogP contribution in [0.5, 0.6) is 0 Å². The first-order valence-corrected chi connectivity index (χ1v) is 13.2. The van der Waals surface area contributed by atoms with E-state index < -0.39 is 65.3 Å². The second-order valence-corrected chi connectivity index (χ2v) is 11.2. The van der Waals surface area contributed by atoms with E-state index in [9.17, 15) is 38.7 Å². The lowest BCUT2D eigenvalue weighted by Gasteiger charge is -2.26. The second-order valence-electron chi connectivity index (χ2n) is 6.78. The predicted molar refractivity (Wildman–Crippen MR) is 103 cm³/mol. The van der Waals surface area contributed by atoms with Crippen LogP contribution in [0.3, 0.4) is 0 Å². The number of nitrogens with one attached hydrogen (secondary N) is 1. The van der Waals surface area contributed by atoms with Gasteiger partial charge in [0.2, 0.25) is 5.79 Å². The van der Waals surface area contributed by atoms with Gasteiger partial charge in [0.25, 0.3) is 5.56 Å². The molecule has 34 heavy (non-hydrogen) atoms. The summed E-state index contributed by atoms with van der Waals surface area (Å²) in [4.78, 5) is 54.1. The number of hydrogen-bond donors (Lipinski definition) is 8. The molecule has 0 aromatic carbocycles. The summed E-state index contributed by atoms with van der Waals surface area (Å²) in [5, 5.41) is 38.7. The predicted octanol–water partition coefficient (Wildman–Crippen LogP) is -2.37. The van der Waals surface area contributed by atoms with Crippen LogP contribution in [0.2, 0.25) is 0 Å². The molecular weight excluding hydrogens is 533 g/mol. The van der Waals surface area contributed by atoms with Crippen LogP contribution >= 0.6 is 23.5 Å². The Bertz CT molecular complexity index is 1300. The van der Waals surface area contributed by atoms with Crippen molar-refractivity contribution in [2.24, 2.45) is 0 Å². The Balaban J connectivity index is 1.83. The minimum atomic E-state index is -5.79. The lowest BCUT2D eigenvalue weighted by atomic mass is 9.98. The van der Waals surface area contributed by atoms with Crippen molar-refractivity contribution in [2.75, 3.05) is 6.61 Å². The average Bonchev–Trinajstić information content (AvgIpc) is 2.88. The van der Waals surface area contributed by atoms with E-state index >= 15 is 0 Å². The van der Waals surface area contributed by atoms with Crippen molar-refractivity contribution in [2.45, 2.75) is 31.0 Å². The molecule has 0 radical (unpaired) electrons. The third kappa shape index (κ3) is 5.81. The van der Waals surface area contributed by atoms with Crippen molar-refractivity contribution in [1.82, 2.24) is 20.2 Å². The van der Waals surface area contributed by atoms with Crippen molar-refractivity contribution in [3.05, 3.63) is 27.9 Å². The quantitative estimate of drug-likeness (QED) is 0.159. The monoisotopic (exact) mass is 550 g/mol. The zero-order valence-corrected chi connectivity index (χ0v) is 19.3. The lowest BCUT2D eigenvalue weighted by molar-refractivity contribution is -0.238. The molecule has 3 rings (SSSR count). The number of hydrogen-bond acceptors (Lipinski definition) is 14. The van der Waals surface area contributed by atoms with Gasteiger partial charge in [-0.15, -0.1) is 5.10 Å². The van der Waals surface area contributed by atoms with E-state index in [4.69, 9.17) is 19.4 Å². The van der Waals surface area contributed by atoms with E-state index in [0.717, 1.165) is 6.20 Å². The Morgan fingerprint density at radius 1 is 1.12 bits per heavy atom. The summed E-state index contributed by atoms with van der Waals surface area (Å²) < 4.78 is 50.5. The minimum absolute atomic E-state index is 0.0904. The van der Waals surface area contributed by atoms with Gasteiger partial charge in [0.05, 0.1) is 18.4 Å². The maximum absolute atomic E-state index is 12.1. The van der Waals surface area contributed by atoms with Gasteiger partial charge in [-0.25, -0.2) is 18.7 Å². The first kappa shape index (κ1) is 27.1. The van der Waals surface area contributed by atoms with E-state index in [0.29, 0.717) is 0 Å². The zero-order chi connectivity index (χ0) is 25.7. The van der Waals surface area contributed by atoms with Crippen molar-refractivity contribution < 1.29 is 66.5 Å². The topological polar surface area (TPSA) is 301 Å². The summed E-state index contributed by atoms with van der Waals surface area (Å²) in [5.74, 6) is -2.70. The van der Waals surface area contributed by atoms with Gasteiger partial charge in [-0.05, 0) is 6.92 Å².